The standard InChI is InChI=1S/C14H21NO3/c1-4-15(10-14(16)17)11(2)9-12-5-7-13(18-3)8-6-12/h5-8,11H,4,9-10H2,1-3H3,(H,16,17)/t11-/m0/s1. The summed E-state index contributed by atoms with van der Waals surface area (Å²) >= 11 is 0. The van der Waals surface area contributed by atoms with E-state index >= 15 is 0 Å². The lowest BCUT2D eigenvalue weighted by molar-refractivity contribution is -0.138. The SMILES string of the molecule is CCN(CC(=O)O)[C@@H](C)Cc1ccc(OC)cc1. The number of carboxylic acids is 1. The van der Waals surface area contributed by atoms with Crippen LogP contribution >= 0.6 is 0 Å². The van der Waals surface area contributed by atoms with E-state index in [1.807, 2.05) is 36.1 Å². The summed E-state index contributed by atoms with van der Waals surface area (Å²) in [6.07, 6.45) is 0.838. The van der Waals surface area contributed by atoms with Crippen LogP contribution in [0.2, 0.25) is 0 Å². The van der Waals surface area contributed by atoms with E-state index in [9.17, 15) is 4.79 Å². The first-order valence-corrected chi connectivity index (χ1v) is 6.15. The molecule has 1 N–H and O–H groups in total. The van der Waals surface area contributed by atoms with Gasteiger partial charge in [-0.1, -0.05) is 19.1 Å². The highest BCUT2D eigenvalue weighted by molar-refractivity contribution is 5.69. The second-order valence-corrected chi connectivity index (χ2v) is 4.36. The maximum atomic E-state index is 10.8. The van der Waals surface area contributed by atoms with E-state index < -0.39 is 5.97 Å². The molecule has 1 aromatic carbocycles. The molecule has 0 spiro atoms. The van der Waals surface area contributed by atoms with Gasteiger partial charge >= 0.3 is 5.97 Å². The first-order valence-electron chi connectivity index (χ1n) is 6.15. The molecule has 1 aromatic rings. The zero-order valence-electron chi connectivity index (χ0n) is 11.2. The molecule has 0 radical (unpaired) electrons. The Hall–Kier alpha value is -1.55. The maximum absolute atomic E-state index is 10.8. The minimum Gasteiger partial charge on any atom is -0.497 e. The summed E-state index contributed by atoms with van der Waals surface area (Å²) < 4.78 is 5.11. The molecule has 100 valence electrons. The van der Waals surface area contributed by atoms with Crippen molar-refractivity contribution in [1.82, 2.24) is 4.90 Å². The summed E-state index contributed by atoms with van der Waals surface area (Å²) in [5.74, 6) is 0.0581. The number of hydrogen-bond acceptors (Lipinski definition) is 3. The number of nitrogens with zero attached hydrogens (tertiary/aromatic N) is 1. The molecule has 0 aliphatic carbocycles. The van der Waals surface area contributed by atoms with Gasteiger partial charge in [-0.25, -0.2) is 0 Å². The fraction of sp³-hybridized carbons (Fsp3) is 0.500. The quantitative estimate of drug-likeness (QED) is 0.805. The van der Waals surface area contributed by atoms with Crippen LogP contribution in [0.4, 0.5) is 0 Å². The predicted octanol–water partition coefficient (Wildman–Crippen LogP) is 2.03. The van der Waals surface area contributed by atoms with Crippen LogP contribution in [0, 0.1) is 0 Å². The number of ether oxygens (including phenoxy) is 1. The smallest absolute Gasteiger partial charge is 0.317 e. The molecular weight excluding hydrogens is 230 g/mol. The first kappa shape index (κ1) is 14.5. The Kier molecular flexibility index (Phi) is 5.65. The van der Waals surface area contributed by atoms with Crippen molar-refractivity contribution in [2.24, 2.45) is 0 Å². The van der Waals surface area contributed by atoms with Crippen molar-refractivity contribution in [3.05, 3.63) is 29.8 Å². The van der Waals surface area contributed by atoms with Gasteiger partial charge in [0.1, 0.15) is 5.75 Å². The molecule has 1 atom stereocenters. The number of aliphatic carboxylic acids is 1. The van der Waals surface area contributed by atoms with Crippen molar-refractivity contribution in [2.75, 3.05) is 20.2 Å². The van der Waals surface area contributed by atoms with E-state index in [2.05, 4.69) is 6.92 Å². The highest BCUT2D eigenvalue weighted by Gasteiger charge is 2.15. The van der Waals surface area contributed by atoms with Gasteiger partial charge in [0.25, 0.3) is 0 Å². The summed E-state index contributed by atoms with van der Waals surface area (Å²) in [5, 5.41) is 8.84. The number of likely N-dealkylation sites (N-methyl/N-ethyl adjacent to an activating group) is 1. The van der Waals surface area contributed by atoms with Gasteiger partial charge in [0, 0.05) is 6.04 Å². The van der Waals surface area contributed by atoms with Crippen LogP contribution in [0.25, 0.3) is 0 Å². The highest BCUT2D eigenvalue weighted by Crippen LogP contribution is 2.14. The fourth-order valence-corrected chi connectivity index (χ4v) is 1.98. The van der Waals surface area contributed by atoms with Crippen LogP contribution in [0.1, 0.15) is 19.4 Å². The van der Waals surface area contributed by atoms with Gasteiger partial charge in [0.2, 0.25) is 0 Å². The summed E-state index contributed by atoms with van der Waals surface area (Å²) in [6.45, 7) is 4.86. The third-order valence-corrected chi connectivity index (χ3v) is 3.06. The highest BCUT2D eigenvalue weighted by atomic mass is 16.5. The molecule has 0 aliphatic heterocycles. The first-order chi connectivity index (χ1) is 8.56. The third-order valence-electron chi connectivity index (χ3n) is 3.06. The molecule has 0 unspecified atom stereocenters. The topological polar surface area (TPSA) is 49.8 Å². The second kappa shape index (κ2) is 7.01. The normalized spacial score (nSPS) is 12.4. The predicted molar refractivity (Wildman–Crippen MR) is 71.0 cm³/mol. The van der Waals surface area contributed by atoms with E-state index in [0.717, 1.165) is 18.7 Å². The van der Waals surface area contributed by atoms with Crippen LogP contribution in [0.5, 0.6) is 5.75 Å². The van der Waals surface area contributed by atoms with Crippen LogP contribution in [-0.4, -0.2) is 42.2 Å². The van der Waals surface area contributed by atoms with Crippen molar-refractivity contribution in [2.45, 2.75) is 26.3 Å². The average Bonchev–Trinajstić information content (AvgIpc) is 2.36. The number of benzene rings is 1. The molecule has 0 saturated carbocycles. The fourth-order valence-electron chi connectivity index (χ4n) is 1.98. The molecule has 0 amide bonds. The van der Waals surface area contributed by atoms with Crippen molar-refractivity contribution in [3.63, 3.8) is 0 Å². The number of methoxy groups -OCH3 is 1. The van der Waals surface area contributed by atoms with Gasteiger partial charge in [-0.15, -0.1) is 0 Å². The Balaban J connectivity index is 2.60. The van der Waals surface area contributed by atoms with E-state index in [-0.39, 0.29) is 12.6 Å². The monoisotopic (exact) mass is 251 g/mol. The number of rotatable bonds is 7. The third kappa shape index (κ3) is 4.37. The zero-order valence-corrected chi connectivity index (χ0v) is 11.2. The molecule has 0 heterocycles. The number of carbonyl (C=O) groups is 1. The molecular formula is C14H21NO3. The Morgan fingerprint density at radius 2 is 2.00 bits per heavy atom. The van der Waals surface area contributed by atoms with Crippen LogP contribution < -0.4 is 4.74 Å². The lowest BCUT2D eigenvalue weighted by atomic mass is 10.1. The molecule has 1 rings (SSSR count). The van der Waals surface area contributed by atoms with Gasteiger partial charge in [-0.2, -0.15) is 0 Å². The lowest BCUT2D eigenvalue weighted by Crippen LogP contribution is -2.38. The molecule has 0 aromatic heterocycles. The second-order valence-electron chi connectivity index (χ2n) is 4.36. The van der Waals surface area contributed by atoms with Gasteiger partial charge in [0.05, 0.1) is 13.7 Å². The van der Waals surface area contributed by atoms with Crippen molar-refractivity contribution in [1.29, 1.82) is 0 Å². The molecule has 4 heteroatoms. The Labute approximate surface area is 108 Å². The Morgan fingerprint density at radius 1 is 1.39 bits per heavy atom. The van der Waals surface area contributed by atoms with Gasteiger partial charge in [-0.05, 0) is 37.6 Å². The van der Waals surface area contributed by atoms with Crippen molar-refractivity contribution < 1.29 is 14.6 Å². The molecule has 0 fully saturated rings. The minimum absolute atomic E-state index is 0.0911. The average molecular weight is 251 g/mol. The number of hydrogen-bond donors (Lipinski definition) is 1. The summed E-state index contributed by atoms with van der Waals surface area (Å²) in [6, 6.07) is 8.10. The van der Waals surface area contributed by atoms with E-state index in [1.165, 1.54) is 5.56 Å². The Morgan fingerprint density at radius 3 is 2.44 bits per heavy atom. The molecule has 4 nitrogen and oxygen atoms in total. The van der Waals surface area contributed by atoms with Crippen molar-refractivity contribution >= 4 is 5.97 Å². The number of carboxylic acid groups (broad SMARTS) is 1. The van der Waals surface area contributed by atoms with Crippen molar-refractivity contribution in [3.8, 4) is 5.75 Å². The zero-order chi connectivity index (χ0) is 13.5. The van der Waals surface area contributed by atoms with Crippen LogP contribution in [0.3, 0.4) is 0 Å². The summed E-state index contributed by atoms with van der Waals surface area (Å²) in [4.78, 5) is 12.7. The van der Waals surface area contributed by atoms with E-state index in [1.54, 1.807) is 7.11 Å². The molecule has 0 saturated heterocycles. The van der Waals surface area contributed by atoms with Gasteiger partial charge in [0.15, 0.2) is 0 Å². The minimum atomic E-state index is -0.779. The van der Waals surface area contributed by atoms with Gasteiger partial charge in [-0.3, -0.25) is 9.69 Å². The summed E-state index contributed by atoms with van der Waals surface area (Å²) in [7, 11) is 1.64. The van der Waals surface area contributed by atoms with E-state index in [4.69, 9.17) is 9.84 Å². The maximum Gasteiger partial charge on any atom is 0.317 e. The lowest BCUT2D eigenvalue weighted by Gasteiger charge is -2.26. The molecule has 0 bridgehead atoms. The van der Waals surface area contributed by atoms with E-state index in [0.29, 0.717) is 0 Å². The largest absolute Gasteiger partial charge is 0.497 e. The summed E-state index contributed by atoms with van der Waals surface area (Å²) in [5.41, 5.74) is 1.19. The van der Waals surface area contributed by atoms with Crippen LogP contribution in [0.15, 0.2) is 24.3 Å². The van der Waals surface area contributed by atoms with Crippen LogP contribution in [-0.2, 0) is 11.2 Å². The Bertz CT molecular complexity index is 375. The molecule has 0 aliphatic rings. The molecule has 18 heavy (non-hydrogen) atoms. The van der Waals surface area contributed by atoms with Gasteiger partial charge < -0.3 is 9.84 Å².